The van der Waals surface area contributed by atoms with Crippen LogP contribution in [0.5, 0.6) is 0 Å². The normalized spacial score (nSPS) is 18.8. The van der Waals surface area contributed by atoms with Crippen molar-refractivity contribution in [1.29, 1.82) is 0 Å². The van der Waals surface area contributed by atoms with Gasteiger partial charge in [-0.25, -0.2) is 4.98 Å². The number of aryl methyl sites for hydroxylation is 1. The van der Waals surface area contributed by atoms with Crippen molar-refractivity contribution in [3.8, 4) is 0 Å². The number of piperidine rings is 1. The zero-order chi connectivity index (χ0) is 9.97. The molecule has 2 N–H and O–H groups in total. The van der Waals surface area contributed by atoms with Gasteiger partial charge in [-0.15, -0.1) is 23.7 Å². The zero-order valence-corrected chi connectivity index (χ0v) is 10.6. The van der Waals surface area contributed by atoms with E-state index in [1.54, 1.807) is 11.3 Å². The van der Waals surface area contributed by atoms with E-state index in [1.807, 2.05) is 6.20 Å². The molecule has 0 atom stereocenters. The number of nitrogens with two attached hydrogens (primary N) is 1. The van der Waals surface area contributed by atoms with Gasteiger partial charge in [-0.3, -0.25) is 4.90 Å². The highest BCUT2D eigenvalue weighted by Gasteiger charge is 2.16. The minimum Gasteiger partial charge on any atom is -0.328 e. The van der Waals surface area contributed by atoms with Crippen LogP contribution in [-0.4, -0.2) is 29.0 Å². The van der Waals surface area contributed by atoms with E-state index in [2.05, 4.69) is 16.8 Å². The Bertz CT molecular complexity index is 295. The van der Waals surface area contributed by atoms with E-state index in [-0.39, 0.29) is 12.4 Å². The third-order valence-corrected chi connectivity index (χ3v) is 3.58. The van der Waals surface area contributed by atoms with Gasteiger partial charge in [0.05, 0.1) is 5.01 Å². The number of hydrogen-bond donors (Lipinski definition) is 1. The second kappa shape index (κ2) is 5.80. The van der Waals surface area contributed by atoms with E-state index in [9.17, 15) is 0 Å². The van der Waals surface area contributed by atoms with Crippen LogP contribution in [-0.2, 0) is 6.54 Å². The minimum atomic E-state index is 0. The summed E-state index contributed by atoms with van der Waals surface area (Å²) < 4.78 is 0. The maximum Gasteiger partial charge on any atom is 0.0897 e. The first-order valence-corrected chi connectivity index (χ1v) is 5.95. The molecule has 5 heteroatoms. The highest BCUT2D eigenvalue weighted by atomic mass is 35.5. The zero-order valence-electron chi connectivity index (χ0n) is 8.98. The van der Waals surface area contributed by atoms with Crippen molar-refractivity contribution in [2.45, 2.75) is 32.4 Å². The molecule has 86 valence electrons. The van der Waals surface area contributed by atoms with Crippen molar-refractivity contribution in [3.05, 3.63) is 16.1 Å². The van der Waals surface area contributed by atoms with Crippen molar-refractivity contribution < 1.29 is 0 Å². The van der Waals surface area contributed by atoms with Gasteiger partial charge in [-0.1, -0.05) is 0 Å². The molecule has 1 saturated heterocycles. The molecule has 0 saturated carbocycles. The number of rotatable bonds is 2. The molecule has 0 unspecified atom stereocenters. The standard InChI is InChI=1S/C10H17N3S.ClH/c1-8-12-6-10(14-8)7-13-4-2-9(11)3-5-13;/h6,9H,2-5,7,11H2,1H3;1H. The lowest BCUT2D eigenvalue weighted by Gasteiger charge is -2.29. The third kappa shape index (κ3) is 3.72. The van der Waals surface area contributed by atoms with E-state index in [0.29, 0.717) is 6.04 Å². The van der Waals surface area contributed by atoms with Gasteiger partial charge in [0, 0.05) is 23.7 Å². The summed E-state index contributed by atoms with van der Waals surface area (Å²) in [6.07, 6.45) is 4.27. The number of nitrogens with zero attached hydrogens (tertiary/aromatic N) is 2. The summed E-state index contributed by atoms with van der Waals surface area (Å²) in [4.78, 5) is 8.11. The average molecular weight is 248 g/mol. The molecule has 1 aromatic rings. The topological polar surface area (TPSA) is 42.2 Å². The molecule has 3 nitrogen and oxygen atoms in total. The van der Waals surface area contributed by atoms with Crippen LogP contribution in [0.4, 0.5) is 0 Å². The Balaban J connectivity index is 0.00000112. The van der Waals surface area contributed by atoms with Gasteiger partial charge in [0.2, 0.25) is 0 Å². The SMILES string of the molecule is Cc1ncc(CN2CCC(N)CC2)s1.Cl. The van der Waals surface area contributed by atoms with Crippen LogP contribution in [0.2, 0.25) is 0 Å². The van der Waals surface area contributed by atoms with Crippen molar-refractivity contribution in [3.63, 3.8) is 0 Å². The van der Waals surface area contributed by atoms with Gasteiger partial charge in [-0.2, -0.15) is 0 Å². The van der Waals surface area contributed by atoms with E-state index < -0.39 is 0 Å². The van der Waals surface area contributed by atoms with Gasteiger partial charge in [-0.05, 0) is 32.9 Å². The van der Waals surface area contributed by atoms with Gasteiger partial charge < -0.3 is 5.73 Å². The Hall–Kier alpha value is -0.160. The molecule has 0 radical (unpaired) electrons. The summed E-state index contributed by atoms with van der Waals surface area (Å²) >= 11 is 1.80. The Kier molecular flexibility index (Phi) is 4.99. The van der Waals surface area contributed by atoms with Gasteiger partial charge in [0.1, 0.15) is 0 Å². The van der Waals surface area contributed by atoms with Gasteiger partial charge >= 0.3 is 0 Å². The van der Waals surface area contributed by atoms with Crippen molar-refractivity contribution in [2.24, 2.45) is 5.73 Å². The van der Waals surface area contributed by atoms with E-state index in [4.69, 9.17) is 5.73 Å². The lowest BCUT2D eigenvalue weighted by Crippen LogP contribution is -2.39. The molecule has 2 heterocycles. The van der Waals surface area contributed by atoms with Crippen LogP contribution in [0.25, 0.3) is 0 Å². The predicted molar refractivity (Wildman–Crippen MR) is 66.6 cm³/mol. The molecule has 0 spiro atoms. The van der Waals surface area contributed by atoms with Crippen LogP contribution < -0.4 is 5.73 Å². The van der Waals surface area contributed by atoms with Crippen LogP contribution in [0, 0.1) is 6.92 Å². The highest BCUT2D eigenvalue weighted by molar-refractivity contribution is 7.11. The summed E-state index contributed by atoms with van der Waals surface area (Å²) in [6, 6.07) is 0.425. The first-order valence-electron chi connectivity index (χ1n) is 5.13. The molecule has 1 aliphatic rings. The quantitative estimate of drug-likeness (QED) is 0.867. The van der Waals surface area contributed by atoms with Crippen molar-refractivity contribution in [1.82, 2.24) is 9.88 Å². The molecule has 1 aromatic heterocycles. The molecular weight excluding hydrogens is 230 g/mol. The Morgan fingerprint density at radius 1 is 1.53 bits per heavy atom. The van der Waals surface area contributed by atoms with Crippen LogP contribution in [0.15, 0.2) is 6.20 Å². The average Bonchev–Trinajstić information content (AvgIpc) is 2.56. The molecule has 2 rings (SSSR count). The predicted octanol–water partition coefficient (Wildman–Crippen LogP) is 1.80. The molecule has 1 aliphatic heterocycles. The number of hydrogen-bond acceptors (Lipinski definition) is 4. The fourth-order valence-electron chi connectivity index (χ4n) is 1.81. The third-order valence-electron chi connectivity index (χ3n) is 2.68. The lowest BCUT2D eigenvalue weighted by molar-refractivity contribution is 0.207. The first-order chi connectivity index (χ1) is 6.74. The summed E-state index contributed by atoms with van der Waals surface area (Å²) in [5.74, 6) is 0. The molecule has 0 aliphatic carbocycles. The second-order valence-corrected chi connectivity index (χ2v) is 5.28. The molecule has 0 bridgehead atoms. The molecule has 1 fully saturated rings. The van der Waals surface area contributed by atoms with E-state index in [1.165, 1.54) is 4.88 Å². The number of halogens is 1. The lowest BCUT2D eigenvalue weighted by atomic mass is 10.1. The van der Waals surface area contributed by atoms with Crippen molar-refractivity contribution in [2.75, 3.05) is 13.1 Å². The largest absolute Gasteiger partial charge is 0.328 e. The van der Waals surface area contributed by atoms with Gasteiger partial charge in [0.25, 0.3) is 0 Å². The number of likely N-dealkylation sites (tertiary alicyclic amines) is 1. The maximum atomic E-state index is 5.86. The fraction of sp³-hybridized carbons (Fsp3) is 0.700. The van der Waals surface area contributed by atoms with Gasteiger partial charge in [0.15, 0.2) is 0 Å². The highest BCUT2D eigenvalue weighted by Crippen LogP contribution is 2.17. The molecule has 0 amide bonds. The van der Waals surface area contributed by atoms with E-state index in [0.717, 1.165) is 37.5 Å². The fourth-order valence-corrected chi connectivity index (χ4v) is 2.65. The number of thiazole rings is 1. The summed E-state index contributed by atoms with van der Waals surface area (Å²) in [5, 5.41) is 1.16. The smallest absolute Gasteiger partial charge is 0.0897 e. The second-order valence-electron chi connectivity index (χ2n) is 3.96. The summed E-state index contributed by atoms with van der Waals surface area (Å²) in [7, 11) is 0. The molecular formula is C10H18ClN3S. The Morgan fingerprint density at radius 2 is 2.20 bits per heavy atom. The number of aromatic nitrogens is 1. The maximum absolute atomic E-state index is 5.86. The van der Waals surface area contributed by atoms with Crippen LogP contribution >= 0.6 is 23.7 Å². The summed E-state index contributed by atoms with van der Waals surface area (Å²) in [6.45, 7) is 5.38. The molecule has 0 aromatic carbocycles. The van der Waals surface area contributed by atoms with Crippen LogP contribution in [0.1, 0.15) is 22.7 Å². The minimum absolute atomic E-state index is 0. The van der Waals surface area contributed by atoms with Crippen molar-refractivity contribution >= 4 is 23.7 Å². The van der Waals surface area contributed by atoms with E-state index >= 15 is 0 Å². The Morgan fingerprint density at radius 3 is 2.73 bits per heavy atom. The monoisotopic (exact) mass is 247 g/mol. The molecule has 15 heavy (non-hydrogen) atoms. The summed E-state index contributed by atoms with van der Waals surface area (Å²) in [5.41, 5.74) is 5.86. The Labute approximate surface area is 101 Å². The first kappa shape index (κ1) is 12.9. The van der Waals surface area contributed by atoms with Crippen LogP contribution in [0.3, 0.4) is 0 Å².